The number of nitrogens with one attached hydrogen (secondary N) is 1. The van der Waals surface area contributed by atoms with E-state index in [-0.39, 0.29) is 18.0 Å². The van der Waals surface area contributed by atoms with Crippen molar-refractivity contribution in [3.63, 3.8) is 0 Å². The van der Waals surface area contributed by atoms with Crippen molar-refractivity contribution in [1.82, 2.24) is 15.0 Å². The van der Waals surface area contributed by atoms with Crippen LogP contribution >= 0.6 is 0 Å². The van der Waals surface area contributed by atoms with Gasteiger partial charge in [0.05, 0.1) is 23.4 Å². The van der Waals surface area contributed by atoms with Gasteiger partial charge in [-0.1, -0.05) is 11.8 Å². The molecule has 1 atom stereocenters. The largest absolute Gasteiger partial charge is 0.378 e. The lowest BCUT2D eigenvalue weighted by atomic mass is 9.72. The number of hydrogen-bond acceptors (Lipinski definition) is 8. The number of nitrogens with two attached hydrogens (primary N) is 1. The molecule has 0 saturated heterocycles. The van der Waals surface area contributed by atoms with Crippen LogP contribution in [0.5, 0.6) is 0 Å². The molecule has 2 aliphatic rings. The number of aromatic nitrogens is 3. The minimum atomic E-state index is -1.06. The van der Waals surface area contributed by atoms with Crippen molar-refractivity contribution in [2.75, 3.05) is 16.0 Å². The highest BCUT2D eigenvalue weighted by molar-refractivity contribution is 5.81. The standard InChI is InChI=1S/C18H17N7O/c1-11-23-14-3-2-12(4-5-18(26)7-13(8-18)9-19)6-15(14)25(11)17-22-10-21-16(20)24-17/h2-3,6,10-11,13,23,26H,7-8H2,1H3,(H2,20,21,22,24). The quantitative estimate of drug-likeness (QED) is 0.661. The third-order valence-corrected chi connectivity index (χ3v) is 4.59. The van der Waals surface area contributed by atoms with Gasteiger partial charge in [-0.05, 0) is 25.1 Å². The minimum absolute atomic E-state index is 0.0535. The third kappa shape index (κ3) is 2.77. The molecule has 0 spiro atoms. The van der Waals surface area contributed by atoms with E-state index in [0.29, 0.717) is 18.8 Å². The average molecular weight is 347 g/mol. The molecule has 1 unspecified atom stereocenters. The molecule has 1 aromatic heterocycles. The second kappa shape index (κ2) is 5.87. The van der Waals surface area contributed by atoms with Crippen molar-refractivity contribution in [2.24, 2.45) is 5.92 Å². The van der Waals surface area contributed by atoms with Gasteiger partial charge >= 0.3 is 0 Å². The first kappa shape index (κ1) is 16.1. The van der Waals surface area contributed by atoms with E-state index in [1.807, 2.05) is 30.0 Å². The fourth-order valence-electron chi connectivity index (χ4n) is 3.26. The van der Waals surface area contributed by atoms with Crippen LogP contribution in [0.4, 0.5) is 23.3 Å². The Hall–Kier alpha value is -3.36. The Balaban J connectivity index is 1.64. The molecule has 1 aromatic carbocycles. The molecule has 130 valence electrons. The monoisotopic (exact) mass is 347 g/mol. The van der Waals surface area contributed by atoms with Crippen molar-refractivity contribution >= 4 is 23.3 Å². The van der Waals surface area contributed by atoms with Crippen molar-refractivity contribution in [1.29, 1.82) is 5.26 Å². The molecule has 0 bridgehead atoms. The number of nitrogens with zero attached hydrogens (tertiary/aromatic N) is 5. The van der Waals surface area contributed by atoms with Crippen LogP contribution in [-0.2, 0) is 0 Å². The SMILES string of the molecule is CC1Nc2ccc(C#CC3(O)CC(C#N)C3)cc2N1c1ncnc(N)n1. The molecule has 2 aromatic rings. The summed E-state index contributed by atoms with van der Waals surface area (Å²) in [7, 11) is 0. The lowest BCUT2D eigenvalue weighted by Crippen LogP contribution is -2.41. The van der Waals surface area contributed by atoms with Gasteiger partial charge in [0.15, 0.2) is 0 Å². The van der Waals surface area contributed by atoms with Gasteiger partial charge in [0.25, 0.3) is 0 Å². The van der Waals surface area contributed by atoms with Crippen molar-refractivity contribution in [2.45, 2.75) is 31.5 Å². The summed E-state index contributed by atoms with van der Waals surface area (Å²) in [5.74, 6) is 6.42. The van der Waals surface area contributed by atoms with Gasteiger partial charge in [0.1, 0.15) is 18.1 Å². The van der Waals surface area contributed by atoms with Crippen LogP contribution in [0.2, 0.25) is 0 Å². The van der Waals surface area contributed by atoms with Crippen LogP contribution in [0.3, 0.4) is 0 Å². The molecule has 1 aliphatic carbocycles. The molecule has 4 rings (SSSR count). The number of nitrogen functional groups attached to an aromatic ring is 1. The predicted octanol–water partition coefficient (Wildman–Crippen LogP) is 1.38. The Bertz CT molecular complexity index is 965. The summed E-state index contributed by atoms with van der Waals surface area (Å²) < 4.78 is 0. The molecule has 0 radical (unpaired) electrons. The topological polar surface area (TPSA) is 124 Å². The average Bonchev–Trinajstić information content (AvgIpc) is 2.92. The van der Waals surface area contributed by atoms with Crippen molar-refractivity contribution < 1.29 is 5.11 Å². The first-order valence-electron chi connectivity index (χ1n) is 8.27. The van der Waals surface area contributed by atoms with Crippen LogP contribution in [-0.4, -0.2) is 31.8 Å². The minimum Gasteiger partial charge on any atom is -0.378 e. The lowest BCUT2D eigenvalue weighted by Gasteiger charge is -2.35. The number of benzene rings is 1. The molecular weight excluding hydrogens is 330 g/mol. The summed E-state index contributed by atoms with van der Waals surface area (Å²) in [6.45, 7) is 1.99. The smallest absolute Gasteiger partial charge is 0.236 e. The van der Waals surface area contributed by atoms with Crippen LogP contribution in [0, 0.1) is 29.1 Å². The summed E-state index contributed by atoms with van der Waals surface area (Å²) in [4.78, 5) is 14.1. The highest BCUT2D eigenvalue weighted by Crippen LogP contribution is 2.39. The van der Waals surface area contributed by atoms with E-state index in [0.717, 1.165) is 16.9 Å². The normalized spacial score (nSPS) is 26.0. The van der Waals surface area contributed by atoms with Gasteiger partial charge < -0.3 is 16.2 Å². The predicted molar refractivity (Wildman–Crippen MR) is 96.1 cm³/mol. The molecule has 1 saturated carbocycles. The second-order valence-electron chi connectivity index (χ2n) is 6.58. The summed E-state index contributed by atoms with van der Waals surface area (Å²) >= 11 is 0. The summed E-state index contributed by atoms with van der Waals surface area (Å²) in [6, 6.07) is 7.89. The number of aliphatic hydroxyl groups is 1. The van der Waals surface area contributed by atoms with E-state index in [2.05, 4.69) is 38.2 Å². The Morgan fingerprint density at radius 2 is 2.19 bits per heavy atom. The third-order valence-electron chi connectivity index (χ3n) is 4.59. The van der Waals surface area contributed by atoms with Gasteiger partial charge in [0, 0.05) is 18.4 Å². The highest BCUT2D eigenvalue weighted by atomic mass is 16.3. The van der Waals surface area contributed by atoms with E-state index >= 15 is 0 Å². The molecule has 1 fully saturated rings. The molecule has 2 heterocycles. The maximum absolute atomic E-state index is 10.3. The molecule has 26 heavy (non-hydrogen) atoms. The molecule has 1 aliphatic heterocycles. The lowest BCUT2D eigenvalue weighted by molar-refractivity contribution is -0.00238. The molecule has 4 N–H and O–H groups in total. The van der Waals surface area contributed by atoms with Crippen molar-refractivity contribution in [3.05, 3.63) is 30.1 Å². The Morgan fingerprint density at radius 3 is 2.92 bits per heavy atom. The van der Waals surface area contributed by atoms with Crippen LogP contribution < -0.4 is 16.0 Å². The Morgan fingerprint density at radius 1 is 1.38 bits per heavy atom. The first-order valence-corrected chi connectivity index (χ1v) is 8.27. The number of anilines is 4. The van der Waals surface area contributed by atoms with E-state index in [1.165, 1.54) is 6.33 Å². The van der Waals surface area contributed by atoms with Gasteiger partial charge in [-0.15, -0.1) is 0 Å². The number of rotatable bonds is 1. The van der Waals surface area contributed by atoms with Crippen LogP contribution in [0.1, 0.15) is 25.3 Å². The number of fused-ring (bicyclic) bond motifs is 1. The summed E-state index contributed by atoms with van der Waals surface area (Å²) in [5, 5.41) is 22.5. The fraction of sp³-hybridized carbons (Fsp3) is 0.333. The van der Waals surface area contributed by atoms with E-state index < -0.39 is 5.60 Å². The maximum atomic E-state index is 10.3. The Kier molecular flexibility index (Phi) is 3.64. The Labute approximate surface area is 150 Å². The molecule has 0 amide bonds. The van der Waals surface area contributed by atoms with Gasteiger partial charge in [-0.3, -0.25) is 4.90 Å². The van der Waals surface area contributed by atoms with E-state index in [4.69, 9.17) is 11.0 Å². The summed E-state index contributed by atoms with van der Waals surface area (Å²) in [6.07, 6.45) is 2.12. The zero-order chi connectivity index (χ0) is 18.3. The number of hydrogen-bond donors (Lipinski definition) is 3. The first-order chi connectivity index (χ1) is 12.5. The van der Waals surface area contributed by atoms with Gasteiger partial charge in [-0.2, -0.15) is 10.2 Å². The van der Waals surface area contributed by atoms with Crippen LogP contribution in [0.25, 0.3) is 0 Å². The molecule has 8 heteroatoms. The molecular formula is C18H17N7O. The van der Waals surface area contributed by atoms with Gasteiger partial charge in [-0.25, -0.2) is 9.97 Å². The zero-order valence-corrected chi connectivity index (χ0v) is 14.1. The van der Waals surface area contributed by atoms with E-state index in [1.54, 1.807) is 0 Å². The fourth-order valence-corrected chi connectivity index (χ4v) is 3.26. The second-order valence-corrected chi connectivity index (χ2v) is 6.58. The zero-order valence-electron chi connectivity index (χ0n) is 14.1. The van der Waals surface area contributed by atoms with E-state index in [9.17, 15) is 5.11 Å². The number of nitriles is 1. The van der Waals surface area contributed by atoms with Crippen LogP contribution in [0.15, 0.2) is 24.5 Å². The highest BCUT2D eigenvalue weighted by Gasteiger charge is 2.41. The maximum Gasteiger partial charge on any atom is 0.236 e. The van der Waals surface area contributed by atoms with Gasteiger partial charge in [0.2, 0.25) is 11.9 Å². The molecule has 8 nitrogen and oxygen atoms in total. The summed E-state index contributed by atoms with van der Waals surface area (Å²) in [5.41, 5.74) is 7.20. The van der Waals surface area contributed by atoms with Crippen molar-refractivity contribution in [3.8, 4) is 17.9 Å².